The van der Waals surface area contributed by atoms with E-state index in [0.717, 1.165) is 18.9 Å². The van der Waals surface area contributed by atoms with Crippen LogP contribution in [0.15, 0.2) is 30.3 Å². The average Bonchev–Trinajstić information content (AvgIpc) is 3.17. The van der Waals surface area contributed by atoms with Gasteiger partial charge in [-0.05, 0) is 24.3 Å². The summed E-state index contributed by atoms with van der Waals surface area (Å²) in [7, 11) is 0. The number of nitrogens with zero attached hydrogens (tertiary/aromatic N) is 1. The maximum absolute atomic E-state index is 12.4. The summed E-state index contributed by atoms with van der Waals surface area (Å²) in [6, 6.07) is 10.4. The number of halogens is 1. The Balaban J connectivity index is 0.00000192. The third-order valence-electron chi connectivity index (χ3n) is 5.42. The number of carbonyl (C=O) groups excluding carboxylic acids is 1. The Morgan fingerprint density at radius 1 is 1.13 bits per heavy atom. The van der Waals surface area contributed by atoms with Crippen LogP contribution in [0.1, 0.15) is 56.4 Å². The van der Waals surface area contributed by atoms with Crippen LogP contribution in [0.25, 0.3) is 0 Å². The van der Waals surface area contributed by atoms with Crippen molar-refractivity contribution in [2.75, 3.05) is 13.1 Å². The van der Waals surface area contributed by atoms with Gasteiger partial charge in [-0.2, -0.15) is 0 Å². The molecule has 2 aliphatic rings. The highest BCUT2D eigenvalue weighted by Gasteiger charge is 2.33. The van der Waals surface area contributed by atoms with E-state index in [-0.39, 0.29) is 18.4 Å². The second kappa shape index (κ2) is 8.70. The number of benzene rings is 1. The molecule has 0 radical (unpaired) electrons. The van der Waals surface area contributed by atoms with Crippen molar-refractivity contribution in [1.29, 1.82) is 0 Å². The first kappa shape index (κ1) is 18.3. The van der Waals surface area contributed by atoms with Crippen LogP contribution in [0.2, 0.25) is 0 Å². The zero-order valence-corrected chi connectivity index (χ0v) is 14.6. The normalized spacial score (nSPS) is 24.7. The molecule has 0 unspecified atom stereocenters. The molecule has 1 aliphatic carbocycles. The second-order valence-corrected chi connectivity index (χ2v) is 7.02. The lowest BCUT2D eigenvalue weighted by Crippen LogP contribution is -2.32. The zero-order valence-electron chi connectivity index (χ0n) is 13.8. The molecule has 1 aromatic carbocycles. The summed E-state index contributed by atoms with van der Waals surface area (Å²) < 4.78 is 0. The number of hydrogen-bond acceptors (Lipinski definition) is 2. The molecular weight excluding hydrogens is 308 g/mol. The molecule has 1 aromatic rings. The monoisotopic (exact) mass is 336 g/mol. The molecule has 2 fully saturated rings. The molecule has 1 saturated carbocycles. The van der Waals surface area contributed by atoms with E-state index < -0.39 is 0 Å². The van der Waals surface area contributed by atoms with E-state index >= 15 is 0 Å². The highest BCUT2D eigenvalue weighted by molar-refractivity contribution is 5.85. The van der Waals surface area contributed by atoms with Crippen LogP contribution >= 0.6 is 12.4 Å². The summed E-state index contributed by atoms with van der Waals surface area (Å²) in [4.78, 5) is 14.4. The van der Waals surface area contributed by atoms with Crippen molar-refractivity contribution in [1.82, 2.24) is 4.90 Å². The quantitative estimate of drug-likeness (QED) is 0.890. The first-order valence-electron chi connectivity index (χ1n) is 8.82. The maximum atomic E-state index is 12.4. The van der Waals surface area contributed by atoms with Gasteiger partial charge in [0.25, 0.3) is 0 Å². The SMILES string of the molecule is Cl.N[C@@H]1CN(C(=O)CCCC2CCCC2)C[C@H]1c1ccccc1. The van der Waals surface area contributed by atoms with Gasteiger partial charge < -0.3 is 10.6 Å². The minimum Gasteiger partial charge on any atom is -0.340 e. The van der Waals surface area contributed by atoms with Gasteiger partial charge in [-0.3, -0.25) is 4.79 Å². The topological polar surface area (TPSA) is 46.3 Å². The summed E-state index contributed by atoms with van der Waals surface area (Å²) in [6.07, 6.45) is 8.50. The van der Waals surface area contributed by atoms with E-state index in [9.17, 15) is 4.79 Å². The maximum Gasteiger partial charge on any atom is 0.222 e. The van der Waals surface area contributed by atoms with E-state index in [1.54, 1.807) is 0 Å². The minimum absolute atomic E-state index is 0. The first-order chi connectivity index (χ1) is 10.7. The van der Waals surface area contributed by atoms with E-state index in [4.69, 9.17) is 5.73 Å². The van der Waals surface area contributed by atoms with Gasteiger partial charge in [0.2, 0.25) is 5.91 Å². The lowest BCUT2D eigenvalue weighted by molar-refractivity contribution is -0.130. The van der Waals surface area contributed by atoms with Gasteiger partial charge >= 0.3 is 0 Å². The van der Waals surface area contributed by atoms with Crippen molar-refractivity contribution >= 4 is 18.3 Å². The Labute approximate surface area is 146 Å². The number of rotatable bonds is 5. The summed E-state index contributed by atoms with van der Waals surface area (Å²) in [5, 5.41) is 0. The van der Waals surface area contributed by atoms with Crippen LogP contribution < -0.4 is 5.73 Å². The highest BCUT2D eigenvalue weighted by Crippen LogP contribution is 2.30. The van der Waals surface area contributed by atoms with Crippen molar-refractivity contribution in [3.63, 3.8) is 0 Å². The van der Waals surface area contributed by atoms with Crippen molar-refractivity contribution in [2.24, 2.45) is 11.7 Å². The molecule has 2 atom stereocenters. The third kappa shape index (κ3) is 4.71. The molecule has 4 heteroatoms. The molecule has 2 N–H and O–H groups in total. The molecule has 128 valence electrons. The molecule has 0 spiro atoms. The summed E-state index contributed by atoms with van der Waals surface area (Å²) >= 11 is 0. The number of hydrogen-bond donors (Lipinski definition) is 1. The Kier molecular flexibility index (Phi) is 6.91. The molecule has 0 bridgehead atoms. The lowest BCUT2D eigenvalue weighted by Gasteiger charge is -2.17. The van der Waals surface area contributed by atoms with Gasteiger partial charge in [-0.1, -0.05) is 56.0 Å². The van der Waals surface area contributed by atoms with Crippen LogP contribution in [-0.2, 0) is 4.79 Å². The Hall–Kier alpha value is -1.06. The standard InChI is InChI=1S/C19H28N2O.ClH/c20-18-14-21(13-17(18)16-10-2-1-3-11-16)19(22)12-6-9-15-7-4-5-8-15;/h1-3,10-11,15,17-18H,4-9,12-14,20H2;1H/t17-,18+;/m0./s1. The van der Waals surface area contributed by atoms with Gasteiger partial charge in [0.05, 0.1) is 0 Å². The third-order valence-corrected chi connectivity index (χ3v) is 5.42. The average molecular weight is 337 g/mol. The molecule has 1 amide bonds. The fourth-order valence-corrected chi connectivity index (χ4v) is 4.08. The van der Waals surface area contributed by atoms with Crippen molar-refractivity contribution < 1.29 is 4.79 Å². The predicted octanol–water partition coefficient (Wildman–Crippen LogP) is 3.72. The Bertz CT molecular complexity index is 487. The van der Waals surface area contributed by atoms with Crippen LogP contribution in [-0.4, -0.2) is 29.9 Å². The Morgan fingerprint density at radius 3 is 2.52 bits per heavy atom. The van der Waals surface area contributed by atoms with Crippen LogP contribution in [0.5, 0.6) is 0 Å². The molecule has 3 rings (SSSR count). The largest absolute Gasteiger partial charge is 0.340 e. The van der Waals surface area contributed by atoms with E-state index in [1.165, 1.54) is 37.7 Å². The minimum atomic E-state index is 0. The van der Waals surface area contributed by atoms with Crippen LogP contribution in [0.4, 0.5) is 0 Å². The molecule has 1 saturated heterocycles. The number of carbonyl (C=O) groups is 1. The smallest absolute Gasteiger partial charge is 0.222 e. The molecule has 3 nitrogen and oxygen atoms in total. The van der Waals surface area contributed by atoms with Crippen LogP contribution in [0, 0.1) is 5.92 Å². The molecule has 1 heterocycles. The van der Waals surface area contributed by atoms with E-state index in [0.29, 0.717) is 24.8 Å². The number of likely N-dealkylation sites (tertiary alicyclic amines) is 1. The van der Waals surface area contributed by atoms with Crippen molar-refractivity contribution in [2.45, 2.75) is 56.9 Å². The van der Waals surface area contributed by atoms with Gasteiger partial charge in [0, 0.05) is 31.5 Å². The number of nitrogens with two attached hydrogens (primary N) is 1. The zero-order chi connectivity index (χ0) is 15.4. The van der Waals surface area contributed by atoms with Gasteiger partial charge in [0.1, 0.15) is 0 Å². The van der Waals surface area contributed by atoms with Gasteiger partial charge in [-0.15, -0.1) is 12.4 Å². The fourth-order valence-electron chi connectivity index (χ4n) is 4.08. The van der Waals surface area contributed by atoms with E-state index in [1.807, 2.05) is 23.1 Å². The summed E-state index contributed by atoms with van der Waals surface area (Å²) in [5.41, 5.74) is 7.53. The molecule has 1 aliphatic heterocycles. The van der Waals surface area contributed by atoms with Gasteiger partial charge in [0.15, 0.2) is 0 Å². The molecule has 23 heavy (non-hydrogen) atoms. The summed E-state index contributed by atoms with van der Waals surface area (Å²) in [6.45, 7) is 1.50. The van der Waals surface area contributed by atoms with Crippen molar-refractivity contribution in [3.05, 3.63) is 35.9 Å². The molecular formula is C19H29ClN2O. The first-order valence-corrected chi connectivity index (χ1v) is 8.82. The lowest BCUT2D eigenvalue weighted by atomic mass is 9.95. The highest BCUT2D eigenvalue weighted by atomic mass is 35.5. The second-order valence-electron chi connectivity index (χ2n) is 7.02. The molecule has 0 aromatic heterocycles. The van der Waals surface area contributed by atoms with E-state index in [2.05, 4.69) is 12.1 Å². The van der Waals surface area contributed by atoms with Crippen molar-refractivity contribution in [3.8, 4) is 0 Å². The van der Waals surface area contributed by atoms with Crippen LogP contribution in [0.3, 0.4) is 0 Å². The van der Waals surface area contributed by atoms with Gasteiger partial charge in [-0.25, -0.2) is 0 Å². The Morgan fingerprint density at radius 2 is 1.83 bits per heavy atom. The fraction of sp³-hybridized carbons (Fsp3) is 0.632. The predicted molar refractivity (Wildman–Crippen MR) is 96.8 cm³/mol. The number of amides is 1. The summed E-state index contributed by atoms with van der Waals surface area (Å²) in [5.74, 6) is 1.47.